The Morgan fingerprint density at radius 2 is 1.25 bits per heavy atom. The molecule has 0 saturated heterocycles. The average Bonchev–Trinajstić information content (AvgIpc) is 3.87. The first kappa shape index (κ1) is 47.9. The highest BCUT2D eigenvalue weighted by Gasteiger charge is 2.55. The number of nitrogens with zero attached hydrogens (tertiary/aromatic N) is 1. The summed E-state index contributed by atoms with van der Waals surface area (Å²) in [6.07, 6.45) is 21.4. The molecule has 3 aliphatic carbocycles. The SMILES string of the molecule is C/C=C/C=C(\C=C/c1ccc2c(c1)C1(C3=CC(Cc4ccccc4C)=CCC32)c2ccccc2-c2ccccc21)c1ccccc1.C=CC=Nc1ccc(C)cc1C.Cc1ccc(-c2ccccc2)cc1. The molecule has 1 nitrogen and oxygen atoms in total. The molecule has 0 radical (unpaired) electrons. The Labute approximate surface area is 423 Å². The molecule has 0 amide bonds. The summed E-state index contributed by atoms with van der Waals surface area (Å²) in [5.74, 6) is 0.363. The van der Waals surface area contributed by atoms with Gasteiger partial charge in [-0.3, -0.25) is 4.99 Å². The van der Waals surface area contributed by atoms with Crippen LogP contribution in [0, 0.1) is 27.7 Å². The maximum Gasteiger partial charge on any atom is 0.0685 e. The van der Waals surface area contributed by atoms with Crippen LogP contribution in [-0.4, -0.2) is 6.21 Å². The van der Waals surface area contributed by atoms with E-state index in [1.165, 1.54) is 100 Å². The number of benzene rings is 8. The molecule has 0 fully saturated rings. The van der Waals surface area contributed by atoms with Crippen LogP contribution >= 0.6 is 0 Å². The van der Waals surface area contributed by atoms with Crippen LogP contribution in [0.15, 0.2) is 259 Å². The number of allylic oxidation sites excluding steroid dienone is 10. The van der Waals surface area contributed by atoms with Crippen LogP contribution in [0.3, 0.4) is 0 Å². The number of fused-ring (bicyclic) bond motifs is 10. The normalized spacial score (nSPS) is 14.9. The van der Waals surface area contributed by atoms with E-state index in [0.29, 0.717) is 5.92 Å². The lowest BCUT2D eigenvalue weighted by Gasteiger charge is -2.33. The summed E-state index contributed by atoms with van der Waals surface area (Å²) < 4.78 is 0. The summed E-state index contributed by atoms with van der Waals surface area (Å²) in [5.41, 5.74) is 24.9. The molecule has 0 aliphatic heterocycles. The van der Waals surface area contributed by atoms with Gasteiger partial charge in [-0.2, -0.15) is 0 Å². The van der Waals surface area contributed by atoms with Crippen LogP contribution in [0.25, 0.3) is 33.9 Å². The topological polar surface area (TPSA) is 12.4 Å². The molecule has 0 N–H and O–H groups in total. The van der Waals surface area contributed by atoms with Crippen molar-refractivity contribution in [3.8, 4) is 22.3 Å². The zero-order valence-corrected chi connectivity index (χ0v) is 41.8. The largest absolute Gasteiger partial charge is 0.257 e. The molecule has 3 aliphatic rings. The highest BCUT2D eigenvalue weighted by Crippen LogP contribution is 2.65. The summed E-state index contributed by atoms with van der Waals surface area (Å²) in [6, 6.07) is 70.2. The van der Waals surface area contributed by atoms with E-state index >= 15 is 0 Å². The van der Waals surface area contributed by atoms with Crippen LogP contribution in [0.2, 0.25) is 0 Å². The standard InChI is InChI=1S/C46H38.C13H12.C11H13N/c1-3-4-15-36(35-16-6-5-7-17-35)26-23-33-24-27-40-41-28-25-34(29-37-18-9-8-14-32(37)2)31-45(41)46(44(40)30-33)42-21-12-10-19-38(42)39-20-11-13-22-43(39)46;1-11-7-9-13(10-8-11)12-5-3-2-4-6-12;1-4-7-12-11-6-5-9(2)8-10(11)3/h3-27,30-31,41H,28-29H2,1-2H3;2-10H,1H3;4-8H,1H2,2-3H3/b4-3+,26-23-,36-15+;;. The van der Waals surface area contributed by atoms with Crippen molar-refractivity contribution >= 4 is 23.6 Å². The number of aliphatic imine (C=N–C) groups is 1. The Morgan fingerprint density at radius 3 is 1.93 bits per heavy atom. The van der Waals surface area contributed by atoms with Gasteiger partial charge in [-0.1, -0.05) is 248 Å². The van der Waals surface area contributed by atoms with Gasteiger partial charge in [-0.25, -0.2) is 0 Å². The third-order valence-corrected chi connectivity index (χ3v) is 14.1. The minimum atomic E-state index is -0.300. The molecular weight excluding hydrogens is 855 g/mol. The van der Waals surface area contributed by atoms with Crippen LogP contribution in [-0.2, 0) is 11.8 Å². The van der Waals surface area contributed by atoms with Gasteiger partial charge in [-0.05, 0) is 149 Å². The fourth-order valence-corrected chi connectivity index (χ4v) is 10.6. The van der Waals surface area contributed by atoms with Gasteiger partial charge < -0.3 is 0 Å². The summed E-state index contributed by atoms with van der Waals surface area (Å²) in [7, 11) is 0. The Balaban J connectivity index is 0.000000203. The lowest BCUT2D eigenvalue weighted by molar-refractivity contribution is 0.701. The van der Waals surface area contributed by atoms with E-state index < -0.39 is 0 Å². The Bertz CT molecular complexity index is 3310. The number of hydrogen-bond donors (Lipinski definition) is 0. The van der Waals surface area contributed by atoms with Crippen LogP contribution in [0.1, 0.15) is 80.5 Å². The quantitative estimate of drug-likeness (QED) is 0.101. The van der Waals surface area contributed by atoms with Gasteiger partial charge in [0, 0.05) is 12.1 Å². The third kappa shape index (κ3) is 10.3. The second-order valence-corrected chi connectivity index (χ2v) is 18.8. The fourth-order valence-electron chi connectivity index (χ4n) is 10.6. The third-order valence-electron chi connectivity index (χ3n) is 14.1. The minimum absolute atomic E-state index is 0.300. The van der Waals surface area contributed by atoms with E-state index in [1.54, 1.807) is 12.3 Å². The smallest absolute Gasteiger partial charge is 0.0685 e. The van der Waals surface area contributed by atoms with E-state index in [4.69, 9.17) is 0 Å². The summed E-state index contributed by atoms with van der Waals surface area (Å²) in [4.78, 5) is 4.22. The van der Waals surface area contributed by atoms with Crippen LogP contribution in [0.4, 0.5) is 5.69 Å². The predicted molar refractivity (Wildman–Crippen MR) is 306 cm³/mol. The summed E-state index contributed by atoms with van der Waals surface area (Å²) >= 11 is 0. The first-order valence-corrected chi connectivity index (χ1v) is 25.0. The highest BCUT2D eigenvalue weighted by atomic mass is 14.7. The molecule has 71 heavy (non-hydrogen) atoms. The minimum Gasteiger partial charge on any atom is -0.257 e. The molecule has 1 unspecified atom stereocenters. The van der Waals surface area contributed by atoms with E-state index in [0.717, 1.165) is 18.5 Å². The van der Waals surface area contributed by atoms with Crippen molar-refractivity contribution in [2.75, 3.05) is 0 Å². The monoisotopic (exact) mass is 917 g/mol. The second-order valence-electron chi connectivity index (χ2n) is 18.8. The molecule has 8 aromatic carbocycles. The first-order chi connectivity index (χ1) is 34.8. The van der Waals surface area contributed by atoms with Crippen LogP contribution < -0.4 is 0 Å². The second kappa shape index (κ2) is 22.1. The lowest BCUT2D eigenvalue weighted by atomic mass is 9.68. The van der Waals surface area contributed by atoms with Gasteiger partial charge in [0.05, 0.1) is 11.1 Å². The number of hydrogen-bond acceptors (Lipinski definition) is 1. The first-order valence-electron chi connectivity index (χ1n) is 25.0. The molecule has 0 bridgehead atoms. The van der Waals surface area contributed by atoms with E-state index in [-0.39, 0.29) is 5.41 Å². The van der Waals surface area contributed by atoms with Gasteiger partial charge in [-0.15, -0.1) is 0 Å². The molecule has 0 saturated carbocycles. The van der Waals surface area contributed by atoms with Gasteiger partial charge in [0.15, 0.2) is 0 Å². The van der Waals surface area contributed by atoms with Crippen molar-refractivity contribution < 1.29 is 0 Å². The van der Waals surface area contributed by atoms with Crippen molar-refractivity contribution in [2.45, 2.75) is 58.8 Å². The van der Waals surface area contributed by atoms with Gasteiger partial charge in [0.1, 0.15) is 0 Å². The number of rotatable bonds is 9. The maximum absolute atomic E-state index is 4.22. The molecule has 348 valence electrons. The van der Waals surface area contributed by atoms with Gasteiger partial charge >= 0.3 is 0 Å². The van der Waals surface area contributed by atoms with Crippen LogP contribution in [0.5, 0.6) is 0 Å². The van der Waals surface area contributed by atoms with Crippen molar-refractivity contribution in [1.29, 1.82) is 0 Å². The molecule has 0 aromatic heterocycles. The van der Waals surface area contributed by atoms with E-state index in [2.05, 4.69) is 271 Å². The molecule has 1 heteroatoms. The maximum atomic E-state index is 4.22. The highest BCUT2D eigenvalue weighted by molar-refractivity contribution is 5.89. The van der Waals surface area contributed by atoms with E-state index in [9.17, 15) is 0 Å². The number of aryl methyl sites for hydroxylation is 4. The Hall–Kier alpha value is -8.13. The van der Waals surface area contributed by atoms with Crippen molar-refractivity contribution in [2.24, 2.45) is 4.99 Å². The molecule has 1 spiro atoms. The lowest BCUT2D eigenvalue weighted by Crippen LogP contribution is -2.27. The summed E-state index contributed by atoms with van der Waals surface area (Å²) in [5, 5.41) is 0. The molecule has 1 atom stereocenters. The fraction of sp³-hybridized carbons (Fsp3) is 0.129. The van der Waals surface area contributed by atoms with Crippen molar-refractivity contribution in [1.82, 2.24) is 0 Å². The zero-order chi connectivity index (χ0) is 49.2. The Kier molecular flexibility index (Phi) is 14.9. The molecule has 8 aromatic rings. The Morgan fingerprint density at radius 1 is 0.620 bits per heavy atom. The molecule has 0 heterocycles. The van der Waals surface area contributed by atoms with Gasteiger partial charge in [0.2, 0.25) is 0 Å². The molecular formula is C70H63N. The van der Waals surface area contributed by atoms with Crippen molar-refractivity contribution in [3.05, 3.63) is 316 Å². The van der Waals surface area contributed by atoms with E-state index in [1.807, 2.05) is 12.1 Å². The summed E-state index contributed by atoms with van der Waals surface area (Å²) in [6.45, 7) is 14.1. The van der Waals surface area contributed by atoms with Gasteiger partial charge in [0.25, 0.3) is 0 Å². The van der Waals surface area contributed by atoms with Crippen molar-refractivity contribution in [3.63, 3.8) is 0 Å². The predicted octanol–water partition coefficient (Wildman–Crippen LogP) is 18.4. The average molecular weight is 918 g/mol. The zero-order valence-electron chi connectivity index (χ0n) is 41.8. The molecule has 11 rings (SSSR count).